The Morgan fingerprint density at radius 3 is 2.55 bits per heavy atom. The van der Waals surface area contributed by atoms with Gasteiger partial charge in [-0.2, -0.15) is 0 Å². The first kappa shape index (κ1) is 15.5. The maximum absolute atomic E-state index is 12.3. The molecule has 0 saturated heterocycles. The van der Waals surface area contributed by atoms with Crippen LogP contribution >= 0.6 is 27.3 Å². The average molecular weight is 376 g/mol. The van der Waals surface area contributed by atoms with Crippen LogP contribution in [0.5, 0.6) is 0 Å². The van der Waals surface area contributed by atoms with Crippen molar-refractivity contribution < 1.29 is 13.5 Å². The summed E-state index contributed by atoms with van der Waals surface area (Å²) in [4.78, 5) is 0. The zero-order valence-corrected chi connectivity index (χ0v) is 14.2. The third-order valence-electron chi connectivity index (χ3n) is 2.75. The average Bonchev–Trinajstić information content (AvgIpc) is 2.83. The lowest BCUT2D eigenvalue weighted by atomic mass is 10.1. The van der Waals surface area contributed by atoms with E-state index in [0.717, 1.165) is 22.5 Å². The third-order valence-corrected chi connectivity index (χ3v) is 6.21. The smallest absolute Gasteiger partial charge is 0.271 e. The van der Waals surface area contributed by atoms with E-state index in [9.17, 15) is 8.42 Å². The van der Waals surface area contributed by atoms with Crippen molar-refractivity contribution in [2.75, 3.05) is 4.72 Å². The van der Waals surface area contributed by atoms with E-state index in [-0.39, 0.29) is 10.8 Å². The van der Waals surface area contributed by atoms with Gasteiger partial charge in [0.15, 0.2) is 0 Å². The Bertz CT molecular complexity index is 715. The lowest BCUT2D eigenvalue weighted by molar-refractivity contribution is 0.282. The minimum absolute atomic E-state index is 0.167. The summed E-state index contributed by atoms with van der Waals surface area (Å²) in [5.74, 6) is 0. The van der Waals surface area contributed by atoms with Crippen molar-refractivity contribution in [3.05, 3.63) is 44.7 Å². The molecule has 0 aliphatic rings. The van der Waals surface area contributed by atoms with Gasteiger partial charge in [-0.1, -0.05) is 6.07 Å². The van der Waals surface area contributed by atoms with Crippen LogP contribution in [0.2, 0.25) is 0 Å². The highest BCUT2D eigenvalue weighted by Gasteiger charge is 2.19. The van der Waals surface area contributed by atoms with Crippen LogP contribution < -0.4 is 4.72 Å². The molecule has 2 rings (SSSR count). The molecule has 0 aliphatic heterocycles. The van der Waals surface area contributed by atoms with Gasteiger partial charge in [-0.25, -0.2) is 8.42 Å². The zero-order valence-electron chi connectivity index (χ0n) is 11.0. The van der Waals surface area contributed by atoms with Gasteiger partial charge in [0.25, 0.3) is 10.0 Å². The first-order valence-electron chi connectivity index (χ1n) is 5.81. The second kappa shape index (κ2) is 5.85. The Balaban J connectivity index is 2.38. The molecule has 0 aliphatic carbocycles. The second-order valence-electron chi connectivity index (χ2n) is 4.48. The lowest BCUT2D eigenvalue weighted by Gasteiger charge is -2.12. The summed E-state index contributed by atoms with van der Waals surface area (Å²) >= 11 is 4.47. The number of thiophene rings is 1. The monoisotopic (exact) mass is 375 g/mol. The van der Waals surface area contributed by atoms with Crippen LogP contribution in [0.15, 0.2) is 32.3 Å². The molecule has 0 radical (unpaired) electrons. The molecule has 0 fully saturated rings. The Labute approximate surface area is 130 Å². The van der Waals surface area contributed by atoms with Crippen molar-refractivity contribution in [3.8, 4) is 0 Å². The predicted octanol–water partition coefficient (Wildman–Crippen LogP) is 3.42. The van der Waals surface area contributed by atoms with Gasteiger partial charge >= 0.3 is 0 Å². The molecule has 1 heterocycles. The molecule has 0 unspecified atom stereocenters. The fourth-order valence-corrected chi connectivity index (χ4v) is 5.06. The van der Waals surface area contributed by atoms with Crippen molar-refractivity contribution in [3.63, 3.8) is 0 Å². The van der Waals surface area contributed by atoms with Crippen LogP contribution in [0.3, 0.4) is 0 Å². The number of aliphatic hydroxyl groups is 1. The van der Waals surface area contributed by atoms with Crippen molar-refractivity contribution in [1.29, 1.82) is 0 Å². The van der Waals surface area contributed by atoms with E-state index in [1.807, 2.05) is 26.0 Å². The SMILES string of the molecule is Cc1cc(C)c(NS(=O)(=O)c2cc(CO)cs2)c(Br)c1. The van der Waals surface area contributed by atoms with E-state index in [1.165, 1.54) is 6.07 Å². The summed E-state index contributed by atoms with van der Waals surface area (Å²) in [6.07, 6.45) is 0. The minimum Gasteiger partial charge on any atom is -0.392 e. The number of hydrogen-bond acceptors (Lipinski definition) is 4. The number of aliphatic hydroxyl groups excluding tert-OH is 1. The Hall–Kier alpha value is -0.890. The Morgan fingerprint density at radius 2 is 2.00 bits per heavy atom. The molecule has 0 amide bonds. The van der Waals surface area contributed by atoms with Crippen LogP contribution in [-0.4, -0.2) is 13.5 Å². The molecule has 0 saturated carbocycles. The summed E-state index contributed by atoms with van der Waals surface area (Å²) in [6, 6.07) is 5.25. The number of aryl methyl sites for hydroxylation is 2. The molecule has 0 atom stereocenters. The number of nitrogens with one attached hydrogen (secondary N) is 1. The van der Waals surface area contributed by atoms with Gasteiger partial charge in [-0.05, 0) is 64.0 Å². The summed E-state index contributed by atoms with van der Waals surface area (Å²) in [5.41, 5.74) is 3.03. The van der Waals surface area contributed by atoms with Gasteiger partial charge < -0.3 is 5.11 Å². The van der Waals surface area contributed by atoms with Gasteiger partial charge in [-0.15, -0.1) is 11.3 Å². The van der Waals surface area contributed by atoms with Gasteiger partial charge in [0, 0.05) is 4.47 Å². The van der Waals surface area contributed by atoms with Gasteiger partial charge in [0.05, 0.1) is 12.3 Å². The van der Waals surface area contributed by atoms with E-state index >= 15 is 0 Å². The fraction of sp³-hybridized carbons (Fsp3) is 0.231. The summed E-state index contributed by atoms with van der Waals surface area (Å²) < 4.78 is 28.1. The van der Waals surface area contributed by atoms with Crippen molar-refractivity contribution in [1.82, 2.24) is 0 Å². The number of sulfonamides is 1. The summed E-state index contributed by atoms with van der Waals surface area (Å²) in [7, 11) is -3.63. The molecule has 20 heavy (non-hydrogen) atoms. The molecular formula is C13H14BrNO3S2. The standard InChI is InChI=1S/C13H14BrNO3S2/c1-8-3-9(2)13(11(14)4-8)15-20(17,18)12-5-10(6-16)7-19-12/h3-5,7,15-16H,6H2,1-2H3. The molecule has 0 spiro atoms. The quantitative estimate of drug-likeness (QED) is 0.859. The fourth-order valence-electron chi connectivity index (χ4n) is 1.81. The largest absolute Gasteiger partial charge is 0.392 e. The molecule has 1 aromatic carbocycles. The van der Waals surface area contributed by atoms with E-state index in [1.54, 1.807) is 5.38 Å². The van der Waals surface area contributed by atoms with E-state index in [2.05, 4.69) is 20.7 Å². The molecular weight excluding hydrogens is 362 g/mol. The lowest BCUT2D eigenvalue weighted by Crippen LogP contribution is -2.13. The van der Waals surface area contributed by atoms with Gasteiger partial charge in [0.2, 0.25) is 0 Å². The first-order chi connectivity index (χ1) is 9.33. The van der Waals surface area contributed by atoms with E-state index in [4.69, 9.17) is 5.11 Å². The normalized spacial score (nSPS) is 11.6. The third kappa shape index (κ3) is 3.22. The number of halogens is 1. The number of rotatable bonds is 4. The maximum Gasteiger partial charge on any atom is 0.271 e. The predicted molar refractivity (Wildman–Crippen MR) is 84.7 cm³/mol. The number of benzene rings is 1. The van der Waals surface area contributed by atoms with Crippen LogP contribution in [0.25, 0.3) is 0 Å². The second-order valence-corrected chi connectivity index (χ2v) is 8.15. The zero-order chi connectivity index (χ0) is 14.9. The van der Waals surface area contributed by atoms with E-state index < -0.39 is 10.0 Å². The van der Waals surface area contributed by atoms with Gasteiger partial charge in [-0.3, -0.25) is 4.72 Å². The summed E-state index contributed by atoms with van der Waals surface area (Å²) in [6.45, 7) is 3.63. The van der Waals surface area contributed by atoms with Crippen molar-refractivity contribution in [2.24, 2.45) is 0 Å². The number of hydrogen-bond donors (Lipinski definition) is 2. The molecule has 2 N–H and O–H groups in total. The van der Waals surface area contributed by atoms with Crippen LogP contribution in [-0.2, 0) is 16.6 Å². The molecule has 108 valence electrons. The first-order valence-corrected chi connectivity index (χ1v) is 8.97. The highest BCUT2D eigenvalue weighted by Crippen LogP contribution is 2.31. The molecule has 0 bridgehead atoms. The maximum atomic E-state index is 12.3. The van der Waals surface area contributed by atoms with Crippen LogP contribution in [0.1, 0.15) is 16.7 Å². The molecule has 2 aromatic rings. The Morgan fingerprint density at radius 1 is 1.30 bits per heavy atom. The minimum atomic E-state index is -3.63. The van der Waals surface area contributed by atoms with E-state index in [0.29, 0.717) is 15.7 Å². The van der Waals surface area contributed by atoms with Crippen molar-refractivity contribution in [2.45, 2.75) is 24.7 Å². The number of anilines is 1. The molecule has 4 nitrogen and oxygen atoms in total. The van der Waals surface area contributed by atoms with Crippen LogP contribution in [0.4, 0.5) is 5.69 Å². The van der Waals surface area contributed by atoms with Gasteiger partial charge in [0.1, 0.15) is 4.21 Å². The molecule has 7 heteroatoms. The van der Waals surface area contributed by atoms with Crippen LogP contribution in [0, 0.1) is 13.8 Å². The van der Waals surface area contributed by atoms with Crippen molar-refractivity contribution >= 4 is 43.0 Å². The topological polar surface area (TPSA) is 66.4 Å². The summed E-state index contributed by atoms with van der Waals surface area (Å²) in [5, 5.41) is 10.6. The highest BCUT2D eigenvalue weighted by molar-refractivity contribution is 9.10. The highest BCUT2D eigenvalue weighted by atomic mass is 79.9. The Kier molecular flexibility index (Phi) is 4.53. The molecule has 1 aromatic heterocycles.